The van der Waals surface area contributed by atoms with Crippen LogP contribution in [0.15, 0.2) is 47.8 Å². The molecule has 1 aliphatic heterocycles. The minimum atomic E-state index is -0.764. The molecule has 1 aromatic heterocycles. The maximum Gasteiger partial charge on any atom is 0.278 e. The van der Waals surface area contributed by atoms with Crippen LogP contribution in [-0.2, 0) is 23.2 Å². The van der Waals surface area contributed by atoms with Crippen LogP contribution in [0.1, 0.15) is 17.7 Å². The molecule has 0 saturated heterocycles. The Labute approximate surface area is 144 Å². The zero-order valence-corrected chi connectivity index (χ0v) is 14.0. The van der Waals surface area contributed by atoms with Gasteiger partial charge in [-0.2, -0.15) is 0 Å². The van der Waals surface area contributed by atoms with E-state index >= 15 is 0 Å². The van der Waals surface area contributed by atoms with E-state index < -0.39 is 11.0 Å². The molecule has 2 aromatic rings. The van der Waals surface area contributed by atoms with Crippen LogP contribution < -0.4 is 0 Å². The van der Waals surface area contributed by atoms with Gasteiger partial charge in [0.05, 0.1) is 22.7 Å². The number of aryl methyl sites for hydroxylation is 1. The van der Waals surface area contributed by atoms with Crippen LogP contribution in [0, 0.1) is 10.1 Å². The number of carbonyl (C=O) groups excluding carboxylic acids is 1. The molecule has 0 bridgehead atoms. The second kappa shape index (κ2) is 6.76. The lowest BCUT2D eigenvalue weighted by Gasteiger charge is -2.20. The van der Waals surface area contributed by atoms with Crippen molar-refractivity contribution in [2.45, 2.75) is 19.1 Å². The Morgan fingerprint density at radius 3 is 2.84 bits per heavy atom. The molecule has 1 aliphatic rings. The van der Waals surface area contributed by atoms with Crippen LogP contribution in [0.25, 0.3) is 0 Å². The number of benzene rings is 1. The molecule has 25 heavy (non-hydrogen) atoms. The Morgan fingerprint density at radius 1 is 1.40 bits per heavy atom. The minimum Gasteiger partial charge on any atom is -0.382 e. The van der Waals surface area contributed by atoms with Crippen molar-refractivity contribution < 1.29 is 14.6 Å². The molecular formula is C17H18N4O4. The maximum absolute atomic E-state index is 12.6. The summed E-state index contributed by atoms with van der Waals surface area (Å²) < 4.78 is 1.94. The molecule has 8 nitrogen and oxygen atoms in total. The number of nitro groups is 1. The molecule has 1 atom stereocenters. The first kappa shape index (κ1) is 16.7. The average Bonchev–Trinajstić information content (AvgIpc) is 3.24. The number of amides is 1. The molecule has 1 unspecified atom stereocenters. The van der Waals surface area contributed by atoms with E-state index in [4.69, 9.17) is 4.84 Å². The summed E-state index contributed by atoms with van der Waals surface area (Å²) in [6.45, 7) is 0.447. The molecule has 3 rings (SSSR count). The van der Waals surface area contributed by atoms with Gasteiger partial charge in [0.15, 0.2) is 0 Å². The van der Waals surface area contributed by atoms with E-state index in [-0.39, 0.29) is 18.0 Å². The van der Waals surface area contributed by atoms with Crippen LogP contribution in [0.4, 0.5) is 5.69 Å². The first-order chi connectivity index (χ1) is 12.0. The molecule has 130 valence electrons. The van der Waals surface area contributed by atoms with Gasteiger partial charge in [0, 0.05) is 38.5 Å². The number of aromatic nitrogens is 1. The Balaban J connectivity index is 1.69. The van der Waals surface area contributed by atoms with Crippen molar-refractivity contribution in [1.82, 2.24) is 9.47 Å². The van der Waals surface area contributed by atoms with E-state index in [0.29, 0.717) is 17.8 Å². The van der Waals surface area contributed by atoms with Gasteiger partial charge in [0.25, 0.3) is 11.6 Å². The summed E-state index contributed by atoms with van der Waals surface area (Å²) >= 11 is 0. The highest BCUT2D eigenvalue weighted by Gasteiger charge is 2.33. The SMILES string of the molecule is CN(Cc1cccn1C)C(=O)C1CC(c2ccccc2[N+](=O)[O-])=NO1. The predicted octanol–water partition coefficient (Wildman–Crippen LogP) is 2.08. The number of oxime groups is 1. The van der Waals surface area contributed by atoms with E-state index in [9.17, 15) is 14.9 Å². The molecule has 2 heterocycles. The largest absolute Gasteiger partial charge is 0.382 e. The highest BCUT2D eigenvalue weighted by atomic mass is 16.6. The Bertz CT molecular complexity index is 843. The van der Waals surface area contributed by atoms with Gasteiger partial charge in [-0.05, 0) is 18.2 Å². The van der Waals surface area contributed by atoms with Gasteiger partial charge in [-0.1, -0.05) is 17.3 Å². The zero-order valence-electron chi connectivity index (χ0n) is 14.0. The summed E-state index contributed by atoms with van der Waals surface area (Å²) in [5, 5.41) is 15.1. The van der Waals surface area contributed by atoms with Crippen LogP contribution in [0.2, 0.25) is 0 Å². The lowest BCUT2D eigenvalue weighted by Crippen LogP contribution is -2.36. The summed E-state index contributed by atoms with van der Waals surface area (Å²) in [6, 6.07) is 10.2. The Morgan fingerprint density at radius 2 is 2.16 bits per heavy atom. The molecule has 0 fully saturated rings. The van der Waals surface area contributed by atoms with Crippen molar-refractivity contribution in [1.29, 1.82) is 0 Å². The van der Waals surface area contributed by atoms with Gasteiger partial charge < -0.3 is 14.3 Å². The molecule has 8 heteroatoms. The number of hydrogen-bond donors (Lipinski definition) is 0. The number of carbonyl (C=O) groups is 1. The second-order valence-corrected chi connectivity index (χ2v) is 5.92. The number of para-hydroxylation sites is 1. The third-order valence-electron chi connectivity index (χ3n) is 4.18. The molecular weight excluding hydrogens is 324 g/mol. The third kappa shape index (κ3) is 3.37. The van der Waals surface area contributed by atoms with Crippen molar-refractivity contribution >= 4 is 17.3 Å². The Hall–Kier alpha value is -3.16. The molecule has 0 aliphatic carbocycles. The van der Waals surface area contributed by atoms with Gasteiger partial charge in [0.2, 0.25) is 6.10 Å². The first-order valence-corrected chi connectivity index (χ1v) is 7.79. The zero-order chi connectivity index (χ0) is 18.0. The number of likely N-dealkylation sites (N-methyl/N-ethyl adjacent to an activating group) is 1. The quantitative estimate of drug-likeness (QED) is 0.614. The summed E-state index contributed by atoms with van der Waals surface area (Å²) in [6.07, 6.45) is 1.36. The lowest BCUT2D eigenvalue weighted by molar-refractivity contribution is -0.385. The predicted molar refractivity (Wildman–Crippen MR) is 91.0 cm³/mol. The Kier molecular flexibility index (Phi) is 4.51. The highest BCUT2D eigenvalue weighted by Crippen LogP contribution is 2.25. The number of nitrogens with zero attached hydrogens (tertiary/aromatic N) is 4. The summed E-state index contributed by atoms with van der Waals surface area (Å²) in [5.74, 6) is -0.210. The van der Waals surface area contributed by atoms with E-state index in [1.807, 2.05) is 29.9 Å². The smallest absolute Gasteiger partial charge is 0.278 e. The van der Waals surface area contributed by atoms with Crippen molar-refractivity contribution in [3.8, 4) is 0 Å². The van der Waals surface area contributed by atoms with Crippen molar-refractivity contribution in [3.63, 3.8) is 0 Å². The average molecular weight is 342 g/mol. The number of nitro benzene ring substituents is 1. The van der Waals surface area contributed by atoms with Gasteiger partial charge in [-0.25, -0.2) is 0 Å². The van der Waals surface area contributed by atoms with Crippen LogP contribution in [0.3, 0.4) is 0 Å². The van der Waals surface area contributed by atoms with Crippen molar-refractivity contribution in [3.05, 3.63) is 64.0 Å². The fourth-order valence-electron chi connectivity index (χ4n) is 2.77. The fraction of sp³-hybridized carbons (Fsp3) is 0.294. The van der Waals surface area contributed by atoms with Gasteiger partial charge >= 0.3 is 0 Å². The fourth-order valence-corrected chi connectivity index (χ4v) is 2.77. The van der Waals surface area contributed by atoms with E-state index in [1.54, 1.807) is 30.1 Å². The van der Waals surface area contributed by atoms with Gasteiger partial charge in [-0.15, -0.1) is 0 Å². The van der Waals surface area contributed by atoms with Crippen LogP contribution in [-0.4, -0.2) is 39.2 Å². The van der Waals surface area contributed by atoms with E-state index in [0.717, 1.165) is 5.69 Å². The normalized spacial score (nSPS) is 16.2. The number of rotatable bonds is 5. The van der Waals surface area contributed by atoms with Gasteiger partial charge in [0.1, 0.15) is 0 Å². The lowest BCUT2D eigenvalue weighted by atomic mass is 10.0. The summed E-state index contributed by atoms with van der Waals surface area (Å²) in [4.78, 5) is 30.1. The summed E-state index contributed by atoms with van der Waals surface area (Å²) in [7, 11) is 3.61. The standard InChI is InChI=1S/C17H18N4O4/c1-19-9-5-6-12(19)11-20(2)17(22)16-10-14(18-25-16)13-7-3-4-8-15(13)21(23)24/h3-9,16H,10-11H2,1-2H3. The van der Waals surface area contributed by atoms with Crippen LogP contribution >= 0.6 is 0 Å². The van der Waals surface area contributed by atoms with Crippen molar-refractivity contribution in [2.24, 2.45) is 12.2 Å². The monoisotopic (exact) mass is 342 g/mol. The topological polar surface area (TPSA) is 90.0 Å². The van der Waals surface area contributed by atoms with E-state index in [2.05, 4.69) is 5.16 Å². The molecule has 0 radical (unpaired) electrons. The summed E-state index contributed by atoms with van der Waals surface area (Å²) in [5.41, 5.74) is 1.75. The third-order valence-corrected chi connectivity index (χ3v) is 4.18. The minimum absolute atomic E-state index is 0.0462. The molecule has 0 spiro atoms. The first-order valence-electron chi connectivity index (χ1n) is 7.79. The molecule has 0 saturated carbocycles. The van der Waals surface area contributed by atoms with Crippen molar-refractivity contribution in [2.75, 3.05) is 7.05 Å². The van der Waals surface area contributed by atoms with Gasteiger partial charge in [-0.3, -0.25) is 14.9 Å². The molecule has 1 amide bonds. The molecule has 1 aromatic carbocycles. The van der Waals surface area contributed by atoms with Crippen LogP contribution in [0.5, 0.6) is 0 Å². The van der Waals surface area contributed by atoms with E-state index in [1.165, 1.54) is 6.07 Å². The number of hydrogen-bond acceptors (Lipinski definition) is 5. The highest BCUT2D eigenvalue weighted by molar-refractivity contribution is 6.06. The molecule has 0 N–H and O–H groups in total. The maximum atomic E-state index is 12.6. The second-order valence-electron chi connectivity index (χ2n) is 5.92.